The fourth-order valence-electron chi connectivity index (χ4n) is 2.72. The molecule has 1 rings (SSSR count). The van der Waals surface area contributed by atoms with E-state index in [1.165, 1.54) is 0 Å². The molecule has 1 aliphatic rings. The Labute approximate surface area is 127 Å². The van der Waals surface area contributed by atoms with Gasteiger partial charge in [0.25, 0.3) is 0 Å². The van der Waals surface area contributed by atoms with Crippen LogP contribution in [-0.2, 0) is 9.53 Å². The molecule has 2 N–H and O–H groups in total. The van der Waals surface area contributed by atoms with Crippen molar-refractivity contribution in [3.05, 3.63) is 0 Å². The molecule has 1 fully saturated rings. The lowest BCUT2D eigenvalue weighted by molar-refractivity contribution is -0.142. The molecule has 0 aromatic carbocycles. The molecule has 1 saturated carbocycles. The zero-order valence-corrected chi connectivity index (χ0v) is 13.5. The van der Waals surface area contributed by atoms with E-state index in [1.54, 1.807) is 0 Å². The summed E-state index contributed by atoms with van der Waals surface area (Å²) in [5, 5.41) is 12.2. The number of amides is 1. The van der Waals surface area contributed by atoms with E-state index in [2.05, 4.69) is 5.32 Å². The normalized spacial score (nSPS) is 24.9. The highest BCUT2D eigenvalue weighted by atomic mass is 16.6. The van der Waals surface area contributed by atoms with Gasteiger partial charge >= 0.3 is 12.1 Å². The van der Waals surface area contributed by atoms with E-state index in [-0.39, 0.29) is 12.0 Å². The highest BCUT2D eigenvalue weighted by Gasteiger charge is 2.25. The standard InChI is InChI=1S/C16H29NO4/c1-16(2,3)21-15(20)17-13-10-8-6-4-5-7-9-12(11-13)14(18)19/h12-13H,4-11H2,1-3H3,(H,17,20)(H,18,19). The molecule has 1 amide bonds. The Kier molecular flexibility index (Phi) is 6.99. The number of ether oxygens (including phenoxy) is 1. The lowest BCUT2D eigenvalue weighted by Crippen LogP contribution is -2.41. The van der Waals surface area contributed by atoms with Gasteiger partial charge in [0.2, 0.25) is 0 Å². The molecule has 2 atom stereocenters. The van der Waals surface area contributed by atoms with E-state index in [4.69, 9.17) is 4.74 Å². The molecule has 5 heteroatoms. The van der Waals surface area contributed by atoms with Gasteiger partial charge < -0.3 is 15.2 Å². The summed E-state index contributed by atoms with van der Waals surface area (Å²) >= 11 is 0. The van der Waals surface area contributed by atoms with Gasteiger partial charge in [-0.3, -0.25) is 4.79 Å². The summed E-state index contributed by atoms with van der Waals surface area (Å²) in [6.07, 6.45) is 6.93. The fraction of sp³-hybridized carbons (Fsp3) is 0.875. The van der Waals surface area contributed by atoms with Crippen LogP contribution in [0.25, 0.3) is 0 Å². The first kappa shape index (κ1) is 17.8. The van der Waals surface area contributed by atoms with Crippen molar-refractivity contribution in [1.82, 2.24) is 5.32 Å². The Morgan fingerprint density at radius 1 is 1.05 bits per heavy atom. The van der Waals surface area contributed by atoms with Crippen LogP contribution in [0.4, 0.5) is 4.79 Å². The highest BCUT2D eigenvalue weighted by molar-refractivity contribution is 5.71. The summed E-state index contributed by atoms with van der Waals surface area (Å²) in [4.78, 5) is 23.2. The Bertz CT molecular complexity index is 349. The molecule has 0 heterocycles. The summed E-state index contributed by atoms with van der Waals surface area (Å²) in [6, 6.07) is -0.112. The third-order valence-corrected chi connectivity index (χ3v) is 3.74. The van der Waals surface area contributed by atoms with Crippen LogP contribution in [0.3, 0.4) is 0 Å². The van der Waals surface area contributed by atoms with Gasteiger partial charge in [-0.1, -0.05) is 32.1 Å². The summed E-state index contributed by atoms with van der Waals surface area (Å²) in [5.41, 5.74) is -0.535. The minimum Gasteiger partial charge on any atom is -0.481 e. The average Bonchev–Trinajstić information content (AvgIpc) is 2.33. The number of carboxylic acid groups (broad SMARTS) is 1. The molecule has 0 spiro atoms. The van der Waals surface area contributed by atoms with Crippen LogP contribution in [0.5, 0.6) is 0 Å². The minimum absolute atomic E-state index is 0.112. The maximum Gasteiger partial charge on any atom is 0.407 e. The maximum absolute atomic E-state index is 11.9. The van der Waals surface area contributed by atoms with Crippen molar-refractivity contribution >= 4 is 12.1 Å². The monoisotopic (exact) mass is 299 g/mol. The van der Waals surface area contributed by atoms with Crippen LogP contribution in [-0.4, -0.2) is 28.8 Å². The molecule has 0 radical (unpaired) electrons. The summed E-state index contributed by atoms with van der Waals surface area (Å²) in [6.45, 7) is 5.46. The van der Waals surface area contributed by atoms with E-state index in [0.717, 1.165) is 38.5 Å². The van der Waals surface area contributed by atoms with E-state index >= 15 is 0 Å². The third kappa shape index (κ3) is 7.93. The second-order valence-electron chi connectivity index (χ2n) is 6.96. The molecule has 5 nitrogen and oxygen atoms in total. The first-order chi connectivity index (χ1) is 9.78. The Morgan fingerprint density at radius 3 is 2.19 bits per heavy atom. The van der Waals surface area contributed by atoms with Crippen LogP contribution in [0.2, 0.25) is 0 Å². The van der Waals surface area contributed by atoms with Gasteiger partial charge in [-0.15, -0.1) is 0 Å². The Balaban J connectivity index is 2.60. The molecule has 21 heavy (non-hydrogen) atoms. The molecule has 0 bridgehead atoms. The second-order valence-corrected chi connectivity index (χ2v) is 6.96. The fourth-order valence-corrected chi connectivity index (χ4v) is 2.72. The molecule has 2 unspecified atom stereocenters. The molecule has 0 aromatic heterocycles. The second kappa shape index (κ2) is 8.25. The van der Waals surface area contributed by atoms with Gasteiger partial charge in [0, 0.05) is 6.04 Å². The van der Waals surface area contributed by atoms with Gasteiger partial charge in [-0.2, -0.15) is 0 Å². The van der Waals surface area contributed by atoms with Crippen molar-refractivity contribution in [1.29, 1.82) is 0 Å². The number of aliphatic carboxylic acids is 1. The number of hydrogen-bond donors (Lipinski definition) is 2. The number of carboxylic acids is 1. The van der Waals surface area contributed by atoms with E-state index < -0.39 is 17.7 Å². The zero-order valence-electron chi connectivity index (χ0n) is 13.5. The van der Waals surface area contributed by atoms with Crippen LogP contribution in [0.1, 0.15) is 72.1 Å². The SMILES string of the molecule is CC(C)(C)OC(=O)NC1CCCCCCCC(C(=O)O)C1. The van der Waals surface area contributed by atoms with Crippen molar-refractivity contribution in [2.75, 3.05) is 0 Å². The zero-order chi connectivity index (χ0) is 15.9. The first-order valence-electron chi connectivity index (χ1n) is 8.00. The summed E-state index contributed by atoms with van der Waals surface area (Å²) in [7, 11) is 0. The molecule has 0 aliphatic heterocycles. The smallest absolute Gasteiger partial charge is 0.407 e. The number of rotatable bonds is 2. The molecule has 122 valence electrons. The third-order valence-electron chi connectivity index (χ3n) is 3.74. The van der Waals surface area contributed by atoms with Gasteiger partial charge in [0.15, 0.2) is 0 Å². The number of nitrogens with one attached hydrogen (secondary N) is 1. The largest absolute Gasteiger partial charge is 0.481 e. The van der Waals surface area contributed by atoms with Crippen molar-refractivity contribution in [2.45, 2.75) is 83.8 Å². The van der Waals surface area contributed by atoms with Gasteiger partial charge in [-0.25, -0.2) is 4.79 Å². The van der Waals surface area contributed by atoms with Crippen molar-refractivity contribution in [2.24, 2.45) is 5.92 Å². The number of carbonyl (C=O) groups excluding carboxylic acids is 1. The topological polar surface area (TPSA) is 75.6 Å². The summed E-state index contributed by atoms with van der Waals surface area (Å²) < 4.78 is 5.27. The van der Waals surface area contributed by atoms with Gasteiger partial charge in [0.05, 0.1) is 5.92 Å². The number of alkyl carbamates (subject to hydrolysis) is 1. The van der Waals surface area contributed by atoms with Gasteiger partial charge in [0.1, 0.15) is 5.60 Å². The van der Waals surface area contributed by atoms with E-state index in [1.807, 2.05) is 20.8 Å². The quantitative estimate of drug-likeness (QED) is 0.815. The summed E-state index contributed by atoms with van der Waals surface area (Å²) in [5.74, 6) is -1.13. The van der Waals surface area contributed by atoms with E-state index in [0.29, 0.717) is 12.8 Å². The number of hydrogen-bond acceptors (Lipinski definition) is 3. The average molecular weight is 299 g/mol. The minimum atomic E-state index is -0.758. The number of carbonyl (C=O) groups is 2. The lowest BCUT2D eigenvalue weighted by atomic mass is 9.89. The Hall–Kier alpha value is -1.26. The molecule has 0 saturated heterocycles. The van der Waals surface area contributed by atoms with Crippen LogP contribution in [0.15, 0.2) is 0 Å². The molecule has 0 aromatic rings. The van der Waals surface area contributed by atoms with E-state index in [9.17, 15) is 14.7 Å². The van der Waals surface area contributed by atoms with Crippen LogP contribution < -0.4 is 5.32 Å². The lowest BCUT2D eigenvalue weighted by Gasteiger charge is -2.26. The first-order valence-corrected chi connectivity index (χ1v) is 8.00. The van der Waals surface area contributed by atoms with Crippen molar-refractivity contribution in [3.63, 3.8) is 0 Å². The Morgan fingerprint density at radius 2 is 1.62 bits per heavy atom. The van der Waals surface area contributed by atoms with Crippen LogP contribution >= 0.6 is 0 Å². The molecular formula is C16H29NO4. The predicted octanol–water partition coefficient (Wildman–Crippen LogP) is 3.71. The maximum atomic E-state index is 11.9. The van der Waals surface area contributed by atoms with Crippen LogP contribution in [0, 0.1) is 5.92 Å². The predicted molar refractivity (Wildman–Crippen MR) is 81.2 cm³/mol. The highest BCUT2D eigenvalue weighted by Crippen LogP contribution is 2.22. The molecule has 1 aliphatic carbocycles. The molecular weight excluding hydrogens is 270 g/mol. The van der Waals surface area contributed by atoms with Crippen molar-refractivity contribution < 1.29 is 19.4 Å². The van der Waals surface area contributed by atoms with Crippen molar-refractivity contribution in [3.8, 4) is 0 Å². The van der Waals surface area contributed by atoms with Gasteiger partial charge in [-0.05, 0) is 40.0 Å².